The molecule has 8 nitrogen and oxygen atoms in total. The minimum absolute atomic E-state index is 0.261. The number of nitrogens with one attached hydrogen (secondary N) is 2. The maximum Gasteiger partial charge on any atom is 0.336 e. The van der Waals surface area contributed by atoms with Gasteiger partial charge in [0.05, 0.1) is 13.3 Å². The smallest absolute Gasteiger partial charge is 0.336 e. The highest BCUT2D eigenvalue weighted by molar-refractivity contribution is 6.03. The van der Waals surface area contributed by atoms with Gasteiger partial charge in [0.1, 0.15) is 17.4 Å². The van der Waals surface area contributed by atoms with Gasteiger partial charge in [-0.1, -0.05) is 54.6 Å². The SMILES string of the molecule is COc1ccc(/C=C/C(=O)Oc2cccc(/C=N/NC(=O)[C@H]3C(=O)NC[C@@H]3c3ccccc3)c2)cc1. The minimum atomic E-state index is -0.866. The molecule has 1 fully saturated rings. The molecule has 2 atom stereocenters. The van der Waals surface area contributed by atoms with E-state index in [1.54, 1.807) is 49.6 Å². The van der Waals surface area contributed by atoms with E-state index in [9.17, 15) is 14.4 Å². The fourth-order valence-corrected chi connectivity index (χ4v) is 3.86. The summed E-state index contributed by atoms with van der Waals surface area (Å²) in [5, 5.41) is 6.74. The van der Waals surface area contributed by atoms with Gasteiger partial charge in [-0.05, 0) is 47.0 Å². The molecule has 36 heavy (non-hydrogen) atoms. The molecule has 0 aliphatic carbocycles. The summed E-state index contributed by atoms with van der Waals surface area (Å²) in [6.45, 7) is 0.394. The van der Waals surface area contributed by atoms with Gasteiger partial charge in [0.25, 0.3) is 5.91 Å². The number of hydrogen-bond donors (Lipinski definition) is 2. The van der Waals surface area contributed by atoms with Crippen molar-refractivity contribution in [2.75, 3.05) is 13.7 Å². The number of methoxy groups -OCH3 is 1. The maximum atomic E-state index is 12.7. The van der Waals surface area contributed by atoms with Gasteiger partial charge in [-0.15, -0.1) is 0 Å². The van der Waals surface area contributed by atoms with Crippen LogP contribution < -0.4 is 20.2 Å². The van der Waals surface area contributed by atoms with Gasteiger partial charge < -0.3 is 14.8 Å². The van der Waals surface area contributed by atoms with Crippen molar-refractivity contribution in [3.8, 4) is 11.5 Å². The zero-order chi connectivity index (χ0) is 25.3. The monoisotopic (exact) mass is 483 g/mol. The molecule has 1 aliphatic heterocycles. The Kier molecular flexibility index (Phi) is 7.87. The second-order valence-electron chi connectivity index (χ2n) is 8.07. The van der Waals surface area contributed by atoms with Crippen molar-refractivity contribution in [1.29, 1.82) is 0 Å². The van der Waals surface area contributed by atoms with Crippen LogP contribution in [0, 0.1) is 5.92 Å². The van der Waals surface area contributed by atoms with Crippen LogP contribution >= 0.6 is 0 Å². The Bertz CT molecular complexity index is 1290. The van der Waals surface area contributed by atoms with Crippen LogP contribution in [0.1, 0.15) is 22.6 Å². The van der Waals surface area contributed by atoms with Crippen LogP contribution in [0.5, 0.6) is 11.5 Å². The van der Waals surface area contributed by atoms with Gasteiger partial charge in [0.15, 0.2) is 0 Å². The van der Waals surface area contributed by atoms with E-state index in [1.165, 1.54) is 12.3 Å². The molecule has 0 aromatic heterocycles. The normalized spacial score (nSPS) is 17.2. The number of carbonyl (C=O) groups excluding carboxylic acids is 3. The molecular formula is C28H25N3O5. The van der Waals surface area contributed by atoms with Crippen molar-refractivity contribution in [2.45, 2.75) is 5.92 Å². The highest BCUT2D eigenvalue weighted by Gasteiger charge is 2.40. The third-order valence-electron chi connectivity index (χ3n) is 5.68. The Morgan fingerprint density at radius 3 is 2.50 bits per heavy atom. The summed E-state index contributed by atoms with van der Waals surface area (Å²) in [6.07, 6.45) is 4.40. The molecule has 2 amide bonds. The molecule has 0 radical (unpaired) electrons. The van der Waals surface area contributed by atoms with Crippen LogP contribution in [0.4, 0.5) is 0 Å². The number of hydrazone groups is 1. The topological polar surface area (TPSA) is 106 Å². The summed E-state index contributed by atoms with van der Waals surface area (Å²) in [5.74, 6) is -1.42. The number of hydrogen-bond acceptors (Lipinski definition) is 6. The third-order valence-corrected chi connectivity index (χ3v) is 5.68. The van der Waals surface area contributed by atoms with Crippen molar-refractivity contribution >= 4 is 30.1 Å². The predicted octanol–water partition coefficient (Wildman–Crippen LogP) is 3.29. The standard InChI is InChI=1S/C28H25N3O5/c1-35-22-13-10-19(11-14-22)12-15-25(32)36-23-9-5-6-20(16-23)17-30-31-28(34)26-24(18-29-27(26)33)21-7-3-2-4-8-21/h2-17,24,26H,18H2,1H3,(H,29,33)(H,31,34)/b15-12+,30-17+/t24-,26-/m1/s1. The summed E-state index contributed by atoms with van der Waals surface area (Å²) < 4.78 is 10.5. The minimum Gasteiger partial charge on any atom is -0.497 e. The number of amides is 2. The predicted molar refractivity (Wildman–Crippen MR) is 136 cm³/mol. The molecule has 1 saturated heterocycles. The van der Waals surface area contributed by atoms with Crippen molar-refractivity contribution in [3.63, 3.8) is 0 Å². The fraction of sp³-hybridized carbons (Fsp3) is 0.143. The first-order chi connectivity index (χ1) is 17.5. The van der Waals surface area contributed by atoms with Gasteiger partial charge in [0.2, 0.25) is 5.91 Å². The van der Waals surface area contributed by atoms with Crippen LogP contribution in [0.3, 0.4) is 0 Å². The molecule has 3 aromatic rings. The first-order valence-corrected chi connectivity index (χ1v) is 11.3. The maximum absolute atomic E-state index is 12.7. The van der Waals surface area contributed by atoms with Crippen LogP contribution in [-0.4, -0.2) is 37.7 Å². The van der Waals surface area contributed by atoms with E-state index >= 15 is 0 Å². The lowest BCUT2D eigenvalue weighted by Crippen LogP contribution is -2.34. The summed E-state index contributed by atoms with van der Waals surface area (Å²) in [6, 6.07) is 23.4. The Hall–Kier alpha value is -4.72. The summed E-state index contributed by atoms with van der Waals surface area (Å²) >= 11 is 0. The molecule has 0 spiro atoms. The largest absolute Gasteiger partial charge is 0.497 e. The number of carbonyl (C=O) groups is 3. The summed E-state index contributed by atoms with van der Waals surface area (Å²) in [5.41, 5.74) is 4.80. The molecule has 1 aliphatic rings. The van der Waals surface area contributed by atoms with Crippen LogP contribution in [0.2, 0.25) is 0 Å². The van der Waals surface area contributed by atoms with Gasteiger partial charge in [-0.2, -0.15) is 5.10 Å². The number of benzene rings is 3. The Labute approximate surface area is 208 Å². The lowest BCUT2D eigenvalue weighted by atomic mass is 9.88. The van der Waals surface area contributed by atoms with Crippen LogP contribution in [-0.2, 0) is 14.4 Å². The molecule has 182 valence electrons. The summed E-state index contributed by atoms with van der Waals surface area (Å²) in [7, 11) is 1.59. The molecule has 4 rings (SSSR count). The second kappa shape index (κ2) is 11.6. The molecular weight excluding hydrogens is 458 g/mol. The third kappa shape index (κ3) is 6.24. The number of ether oxygens (including phenoxy) is 2. The van der Waals surface area contributed by atoms with Crippen LogP contribution in [0.15, 0.2) is 90.0 Å². The first-order valence-electron chi connectivity index (χ1n) is 11.3. The van der Waals surface area contributed by atoms with Crippen molar-refractivity contribution in [2.24, 2.45) is 11.0 Å². The molecule has 0 bridgehead atoms. The van der Waals surface area contributed by atoms with Crippen molar-refractivity contribution in [3.05, 3.63) is 102 Å². The zero-order valence-corrected chi connectivity index (χ0v) is 19.6. The second-order valence-corrected chi connectivity index (χ2v) is 8.07. The quantitative estimate of drug-likeness (QED) is 0.128. The highest BCUT2D eigenvalue weighted by Crippen LogP contribution is 2.29. The Morgan fingerprint density at radius 1 is 0.972 bits per heavy atom. The Morgan fingerprint density at radius 2 is 1.75 bits per heavy atom. The van der Waals surface area contributed by atoms with E-state index in [0.717, 1.165) is 16.9 Å². The highest BCUT2D eigenvalue weighted by atomic mass is 16.5. The molecule has 0 unspecified atom stereocenters. The first kappa shape index (κ1) is 24.4. The average molecular weight is 484 g/mol. The number of rotatable bonds is 8. The van der Waals surface area contributed by atoms with E-state index in [-0.39, 0.29) is 11.8 Å². The number of nitrogens with zero attached hydrogens (tertiary/aromatic N) is 1. The average Bonchev–Trinajstić information content (AvgIpc) is 3.30. The van der Waals surface area contributed by atoms with Gasteiger partial charge in [-0.3, -0.25) is 9.59 Å². The number of esters is 1. The fourth-order valence-electron chi connectivity index (χ4n) is 3.86. The van der Waals surface area contributed by atoms with Crippen molar-refractivity contribution in [1.82, 2.24) is 10.7 Å². The van der Waals surface area contributed by atoms with Crippen LogP contribution in [0.25, 0.3) is 6.08 Å². The van der Waals surface area contributed by atoms with E-state index in [0.29, 0.717) is 17.9 Å². The lowest BCUT2D eigenvalue weighted by Gasteiger charge is -2.15. The molecule has 8 heteroatoms. The van der Waals surface area contributed by atoms with E-state index in [2.05, 4.69) is 15.8 Å². The van der Waals surface area contributed by atoms with Gasteiger partial charge in [0, 0.05) is 18.5 Å². The lowest BCUT2D eigenvalue weighted by molar-refractivity contribution is -0.133. The van der Waals surface area contributed by atoms with Crippen molar-refractivity contribution < 1.29 is 23.9 Å². The van der Waals surface area contributed by atoms with E-state index in [4.69, 9.17) is 9.47 Å². The summed E-state index contributed by atoms with van der Waals surface area (Å²) in [4.78, 5) is 37.2. The molecule has 1 heterocycles. The molecule has 2 N–H and O–H groups in total. The van der Waals surface area contributed by atoms with Gasteiger partial charge >= 0.3 is 5.97 Å². The Balaban J connectivity index is 1.34. The van der Waals surface area contributed by atoms with E-state index < -0.39 is 17.8 Å². The molecule has 0 saturated carbocycles. The zero-order valence-electron chi connectivity index (χ0n) is 19.6. The van der Waals surface area contributed by atoms with Gasteiger partial charge in [-0.25, -0.2) is 10.2 Å². The van der Waals surface area contributed by atoms with E-state index in [1.807, 2.05) is 42.5 Å². The molecule has 3 aromatic carbocycles.